The summed E-state index contributed by atoms with van der Waals surface area (Å²) in [6.07, 6.45) is 3.50. The van der Waals surface area contributed by atoms with Crippen LogP contribution in [0.2, 0.25) is 0 Å². The van der Waals surface area contributed by atoms with Gasteiger partial charge >= 0.3 is 5.97 Å². The Bertz CT molecular complexity index is 532. The molecule has 0 unspecified atom stereocenters. The molecule has 0 atom stereocenters. The van der Waals surface area contributed by atoms with Crippen molar-refractivity contribution in [2.24, 2.45) is 5.41 Å². The molecule has 1 amide bonds. The fraction of sp³-hybridized carbons (Fsp3) is 0.429. The number of rotatable bonds is 3. The molecule has 0 bridgehead atoms. The zero-order valence-corrected chi connectivity index (χ0v) is 10.0. The average Bonchev–Trinajstić information content (AvgIpc) is 2.62. The highest BCUT2D eigenvalue weighted by atomic mass is 16.4. The molecule has 94 valence electrons. The van der Waals surface area contributed by atoms with Crippen LogP contribution in [0.4, 0.5) is 5.69 Å². The van der Waals surface area contributed by atoms with Crippen molar-refractivity contribution < 1.29 is 14.7 Å². The predicted molar refractivity (Wildman–Crippen MR) is 66.4 cm³/mol. The van der Waals surface area contributed by atoms with Gasteiger partial charge in [-0.25, -0.2) is 0 Å². The van der Waals surface area contributed by atoms with Gasteiger partial charge in [-0.15, -0.1) is 0 Å². The van der Waals surface area contributed by atoms with E-state index in [0.29, 0.717) is 12.8 Å². The quantitative estimate of drug-likeness (QED) is 0.855. The normalized spacial score (nSPS) is 19.9. The summed E-state index contributed by atoms with van der Waals surface area (Å²) < 4.78 is 0. The largest absolute Gasteiger partial charge is 0.481 e. The van der Waals surface area contributed by atoms with Crippen molar-refractivity contribution in [1.82, 2.24) is 0 Å². The number of fused-ring (bicyclic) bond motifs is 1. The highest BCUT2D eigenvalue weighted by Crippen LogP contribution is 2.44. The van der Waals surface area contributed by atoms with Gasteiger partial charge < -0.3 is 10.4 Å². The summed E-state index contributed by atoms with van der Waals surface area (Å²) in [7, 11) is 0. The second-order valence-corrected chi connectivity index (χ2v) is 5.33. The molecule has 1 aliphatic heterocycles. The van der Waals surface area contributed by atoms with Crippen molar-refractivity contribution in [3.63, 3.8) is 0 Å². The summed E-state index contributed by atoms with van der Waals surface area (Å²) in [6, 6.07) is 5.77. The van der Waals surface area contributed by atoms with Crippen LogP contribution in [0.1, 0.15) is 30.4 Å². The predicted octanol–water partition coefficient (Wildman–Crippen LogP) is 1.98. The molecule has 2 aliphatic rings. The first-order chi connectivity index (χ1) is 8.59. The van der Waals surface area contributed by atoms with Gasteiger partial charge in [0.1, 0.15) is 0 Å². The van der Waals surface area contributed by atoms with Gasteiger partial charge in [-0.3, -0.25) is 9.59 Å². The molecule has 0 radical (unpaired) electrons. The van der Waals surface area contributed by atoms with E-state index in [4.69, 9.17) is 0 Å². The van der Waals surface area contributed by atoms with Crippen LogP contribution in [0, 0.1) is 5.41 Å². The van der Waals surface area contributed by atoms with Gasteiger partial charge in [0, 0.05) is 5.69 Å². The number of aliphatic carboxylic acids is 1. The van der Waals surface area contributed by atoms with E-state index in [9.17, 15) is 14.7 Å². The molecular formula is C14H15NO3. The van der Waals surface area contributed by atoms with Crippen LogP contribution in [0.25, 0.3) is 0 Å². The summed E-state index contributed by atoms with van der Waals surface area (Å²) in [5, 5.41) is 12.1. The lowest BCUT2D eigenvalue weighted by Gasteiger charge is -2.37. The average molecular weight is 245 g/mol. The maximum atomic E-state index is 11.3. The summed E-state index contributed by atoms with van der Waals surface area (Å²) in [6.45, 7) is 0. The second kappa shape index (κ2) is 3.83. The highest BCUT2D eigenvalue weighted by molar-refractivity contribution is 5.99. The molecule has 1 aromatic rings. The van der Waals surface area contributed by atoms with Crippen LogP contribution in [-0.2, 0) is 22.4 Å². The second-order valence-electron chi connectivity index (χ2n) is 5.33. The van der Waals surface area contributed by atoms with Gasteiger partial charge in [0.2, 0.25) is 5.91 Å². The lowest BCUT2D eigenvalue weighted by Crippen LogP contribution is -2.39. The number of carboxylic acids is 1. The Morgan fingerprint density at radius 2 is 2.17 bits per heavy atom. The Morgan fingerprint density at radius 3 is 2.78 bits per heavy atom. The number of hydrogen-bond donors (Lipinski definition) is 2. The van der Waals surface area contributed by atoms with Crippen LogP contribution in [0.5, 0.6) is 0 Å². The van der Waals surface area contributed by atoms with Gasteiger partial charge in [-0.2, -0.15) is 0 Å². The molecule has 1 saturated carbocycles. The van der Waals surface area contributed by atoms with E-state index in [1.54, 1.807) is 0 Å². The van der Waals surface area contributed by atoms with Crippen molar-refractivity contribution >= 4 is 17.6 Å². The van der Waals surface area contributed by atoms with E-state index in [1.165, 1.54) is 0 Å². The minimum Gasteiger partial charge on any atom is -0.481 e. The number of amides is 1. The van der Waals surface area contributed by atoms with E-state index >= 15 is 0 Å². The molecule has 3 rings (SSSR count). The molecular weight excluding hydrogens is 230 g/mol. The van der Waals surface area contributed by atoms with Crippen molar-refractivity contribution in [3.8, 4) is 0 Å². The molecule has 1 aromatic carbocycles. The third-order valence-corrected chi connectivity index (χ3v) is 4.10. The number of benzene rings is 1. The molecule has 1 fully saturated rings. The SMILES string of the molecule is O=C1Cc2cc(CC3(C(=O)O)CCC3)ccc2N1. The smallest absolute Gasteiger partial charge is 0.309 e. The molecule has 18 heavy (non-hydrogen) atoms. The molecule has 0 spiro atoms. The van der Waals surface area contributed by atoms with E-state index in [1.807, 2.05) is 18.2 Å². The fourth-order valence-electron chi connectivity index (χ4n) is 2.85. The number of nitrogens with one attached hydrogen (secondary N) is 1. The molecule has 4 nitrogen and oxygen atoms in total. The van der Waals surface area contributed by atoms with Crippen LogP contribution < -0.4 is 5.32 Å². The third-order valence-electron chi connectivity index (χ3n) is 4.10. The summed E-state index contributed by atoms with van der Waals surface area (Å²) >= 11 is 0. The van der Waals surface area contributed by atoms with Gasteiger partial charge in [-0.05, 0) is 36.5 Å². The van der Waals surface area contributed by atoms with Gasteiger partial charge in [0.25, 0.3) is 0 Å². The van der Waals surface area contributed by atoms with Crippen molar-refractivity contribution in [2.45, 2.75) is 32.1 Å². The monoisotopic (exact) mass is 245 g/mol. The van der Waals surface area contributed by atoms with Gasteiger partial charge in [0.15, 0.2) is 0 Å². The van der Waals surface area contributed by atoms with Crippen LogP contribution in [-0.4, -0.2) is 17.0 Å². The topological polar surface area (TPSA) is 66.4 Å². The van der Waals surface area contributed by atoms with E-state index in [2.05, 4.69) is 5.32 Å². The van der Waals surface area contributed by atoms with Crippen molar-refractivity contribution in [2.75, 3.05) is 5.32 Å². The first-order valence-electron chi connectivity index (χ1n) is 6.24. The highest BCUT2D eigenvalue weighted by Gasteiger charge is 2.44. The maximum absolute atomic E-state index is 11.3. The standard InChI is InChI=1S/C14H15NO3/c16-12-7-10-6-9(2-3-11(10)15-12)8-14(13(17)18)4-1-5-14/h2-3,6H,1,4-5,7-8H2,(H,15,16)(H,17,18). The summed E-state index contributed by atoms with van der Waals surface area (Å²) in [4.78, 5) is 22.6. The molecule has 0 aromatic heterocycles. The van der Waals surface area contributed by atoms with Crippen LogP contribution >= 0.6 is 0 Å². The molecule has 4 heteroatoms. The zero-order chi connectivity index (χ0) is 12.8. The number of carbonyl (C=O) groups excluding carboxylic acids is 1. The van der Waals surface area contributed by atoms with Gasteiger partial charge in [0.05, 0.1) is 11.8 Å². The van der Waals surface area contributed by atoms with Crippen molar-refractivity contribution in [3.05, 3.63) is 29.3 Å². The van der Waals surface area contributed by atoms with Crippen LogP contribution in [0.3, 0.4) is 0 Å². The lowest BCUT2D eigenvalue weighted by molar-refractivity contribution is -0.154. The van der Waals surface area contributed by atoms with E-state index in [-0.39, 0.29) is 5.91 Å². The van der Waals surface area contributed by atoms with E-state index in [0.717, 1.165) is 36.1 Å². The Hall–Kier alpha value is -1.84. The molecule has 0 saturated heterocycles. The minimum absolute atomic E-state index is 0.0127. The van der Waals surface area contributed by atoms with Crippen LogP contribution in [0.15, 0.2) is 18.2 Å². The lowest BCUT2D eigenvalue weighted by atomic mass is 9.65. The summed E-state index contributed by atoms with van der Waals surface area (Å²) in [5.74, 6) is -0.679. The Labute approximate surface area is 105 Å². The van der Waals surface area contributed by atoms with E-state index < -0.39 is 11.4 Å². The number of carbonyl (C=O) groups is 2. The van der Waals surface area contributed by atoms with Crippen molar-refractivity contribution in [1.29, 1.82) is 0 Å². The summed E-state index contributed by atoms with van der Waals surface area (Å²) in [5.41, 5.74) is 2.30. The first kappa shape index (κ1) is 11.3. The number of carboxylic acid groups (broad SMARTS) is 1. The zero-order valence-electron chi connectivity index (χ0n) is 10.0. The number of hydrogen-bond acceptors (Lipinski definition) is 2. The Balaban J connectivity index is 1.84. The Kier molecular flexibility index (Phi) is 2.40. The molecule has 2 N–H and O–H groups in total. The molecule has 1 aliphatic carbocycles. The Morgan fingerprint density at radius 1 is 1.39 bits per heavy atom. The first-order valence-corrected chi connectivity index (χ1v) is 6.24. The molecule has 1 heterocycles. The fourth-order valence-corrected chi connectivity index (χ4v) is 2.85. The third kappa shape index (κ3) is 1.68. The van der Waals surface area contributed by atoms with Gasteiger partial charge in [-0.1, -0.05) is 18.6 Å². The number of anilines is 1. The maximum Gasteiger partial charge on any atom is 0.309 e. The minimum atomic E-state index is -0.691.